The Kier molecular flexibility index (Phi) is 4.89. The van der Waals surface area contributed by atoms with Crippen molar-refractivity contribution in [3.8, 4) is 17.0 Å². The number of carbonyl (C=O) groups is 1. The molecule has 0 saturated heterocycles. The van der Waals surface area contributed by atoms with Crippen molar-refractivity contribution in [3.63, 3.8) is 0 Å². The summed E-state index contributed by atoms with van der Waals surface area (Å²) in [4.78, 5) is 11.5. The number of ketones is 1. The maximum absolute atomic E-state index is 14.3. The van der Waals surface area contributed by atoms with Gasteiger partial charge in [0, 0.05) is 11.5 Å². The summed E-state index contributed by atoms with van der Waals surface area (Å²) in [6.07, 6.45) is 1.86. The minimum atomic E-state index is -0.717. The van der Waals surface area contributed by atoms with Crippen LogP contribution in [0.3, 0.4) is 0 Å². The van der Waals surface area contributed by atoms with E-state index in [1.807, 2.05) is 0 Å². The van der Waals surface area contributed by atoms with Crippen LogP contribution in [-0.4, -0.2) is 10.9 Å². The fraction of sp³-hybridized carbons (Fsp3) is 0.238. The lowest BCUT2D eigenvalue weighted by Crippen LogP contribution is -2.02. The van der Waals surface area contributed by atoms with Gasteiger partial charge in [0.1, 0.15) is 35.4 Å². The summed E-state index contributed by atoms with van der Waals surface area (Å²) in [5, 5.41) is 4.21. The molecule has 0 bridgehead atoms. The van der Waals surface area contributed by atoms with Gasteiger partial charge in [-0.2, -0.15) is 0 Å². The van der Waals surface area contributed by atoms with E-state index in [2.05, 4.69) is 5.16 Å². The van der Waals surface area contributed by atoms with Crippen LogP contribution in [-0.2, 0) is 6.61 Å². The van der Waals surface area contributed by atoms with E-state index in [0.717, 1.165) is 12.8 Å². The van der Waals surface area contributed by atoms with Crippen molar-refractivity contribution in [1.82, 2.24) is 5.16 Å². The molecule has 0 atom stereocenters. The summed E-state index contributed by atoms with van der Waals surface area (Å²) in [7, 11) is 0. The van der Waals surface area contributed by atoms with Crippen LogP contribution in [0.15, 0.2) is 40.9 Å². The predicted molar refractivity (Wildman–Crippen MR) is 99.6 cm³/mol. The molecule has 1 aromatic heterocycles. The zero-order valence-corrected chi connectivity index (χ0v) is 15.7. The topological polar surface area (TPSA) is 52.3 Å². The Bertz CT molecular complexity index is 1040. The Balaban J connectivity index is 1.67. The lowest BCUT2D eigenvalue weighted by molar-refractivity contribution is 0.101. The highest BCUT2D eigenvalue weighted by Crippen LogP contribution is 2.44. The summed E-state index contributed by atoms with van der Waals surface area (Å²) in [5.74, 6) is -0.388. The second-order valence-corrected chi connectivity index (χ2v) is 7.14. The van der Waals surface area contributed by atoms with Crippen LogP contribution in [0, 0.1) is 11.6 Å². The zero-order chi connectivity index (χ0) is 19.8. The first-order valence-electron chi connectivity index (χ1n) is 8.81. The monoisotopic (exact) mass is 403 g/mol. The largest absolute Gasteiger partial charge is 0.489 e. The summed E-state index contributed by atoms with van der Waals surface area (Å²) in [6.45, 7) is 1.43. The molecule has 2 aromatic carbocycles. The first kappa shape index (κ1) is 18.6. The molecule has 3 aromatic rings. The van der Waals surface area contributed by atoms with Crippen LogP contribution in [0.25, 0.3) is 11.3 Å². The van der Waals surface area contributed by atoms with Crippen molar-refractivity contribution in [2.45, 2.75) is 32.3 Å². The third-order valence-corrected chi connectivity index (χ3v) is 4.98. The van der Waals surface area contributed by atoms with Gasteiger partial charge in [0.05, 0.1) is 16.1 Å². The van der Waals surface area contributed by atoms with Gasteiger partial charge in [-0.15, -0.1) is 0 Å². The van der Waals surface area contributed by atoms with Gasteiger partial charge in [-0.3, -0.25) is 4.79 Å². The molecule has 1 aliphatic carbocycles. The number of nitrogens with zero attached hydrogens (tertiary/aromatic N) is 1. The van der Waals surface area contributed by atoms with Crippen molar-refractivity contribution in [2.75, 3.05) is 0 Å². The Morgan fingerprint density at radius 3 is 2.57 bits per heavy atom. The van der Waals surface area contributed by atoms with Crippen molar-refractivity contribution in [2.24, 2.45) is 0 Å². The predicted octanol–water partition coefficient (Wildman–Crippen LogP) is 5.93. The molecule has 7 heteroatoms. The van der Waals surface area contributed by atoms with E-state index in [1.54, 1.807) is 12.1 Å². The van der Waals surface area contributed by atoms with Gasteiger partial charge < -0.3 is 9.26 Å². The fourth-order valence-corrected chi connectivity index (χ4v) is 3.38. The molecular weight excluding hydrogens is 388 g/mol. The molecule has 1 fully saturated rings. The molecule has 4 rings (SSSR count). The molecule has 1 aliphatic rings. The summed E-state index contributed by atoms with van der Waals surface area (Å²) >= 11 is 6.11. The summed E-state index contributed by atoms with van der Waals surface area (Å²) in [5.41, 5.74) is 0.774. The highest BCUT2D eigenvalue weighted by Gasteiger charge is 2.34. The van der Waals surface area contributed by atoms with Gasteiger partial charge in [0.25, 0.3) is 0 Å². The highest BCUT2D eigenvalue weighted by atomic mass is 35.5. The van der Waals surface area contributed by atoms with E-state index in [4.69, 9.17) is 20.9 Å². The number of ether oxygens (including phenoxy) is 1. The number of halogens is 3. The maximum atomic E-state index is 14.3. The lowest BCUT2D eigenvalue weighted by Gasteiger charge is -2.10. The Hall–Kier alpha value is -2.73. The first-order chi connectivity index (χ1) is 13.5. The van der Waals surface area contributed by atoms with Crippen LogP contribution in [0.1, 0.15) is 47.4 Å². The van der Waals surface area contributed by atoms with Gasteiger partial charge >= 0.3 is 0 Å². The van der Waals surface area contributed by atoms with Gasteiger partial charge in [-0.25, -0.2) is 8.78 Å². The number of benzene rings is 2. The molecule has 144 valence electrons. The summed E-state index contributed by atoms with van der Waals surface area (Å²) < 4.78 is 39.7. The number of hydrogen-bond acceptors (Lipinski definition) is 4. The lowest BCUT2D eigenvalue weighted by atomic mass is 10.0. The van der Waals surface area contributed by atoms with E-state index in [9.17, 15) is 13.6 Å². The molecule has 0 radical (unpaired) electrons. The Morgan fingerprint density at radius 2 is 1.96 bits per heavy atom. The number of rotatable bonds is 6. The summed E-state index contributed by atoms with van der Waals surface area (Å²) in [6, 6.07) is 8.38. The molecule has 28 heavy (non-hydrogen) atoms. The first-order valence-corrected chi connectivity index (χ1v) is 9.19. The molecule has 1 saturated carbocycles. The molecule has 0 amide bonds. The normalized spacial score (nSPS) is 13.6. The number of hydrogen-bond donors (Lipinski definition) is 0. The highest BCUT2D eigenvalue weighted by molar-refractivity contribution is 6.34. The Morgan fingerprint density at radius 1 is 1.25 bits per heavy atom. The third kappa shape index (κ3) is 3.52. The van der Waals surface area contributed by atoms with Crippen molar-refractivity contribution < 1.29 is 22.8 Å². The Labute approximate surface area is 165 Å². The SMILES string of the molecule is CC(=O)c1ccc(OCc2c(-c3c(F)cccc3F)noc2C2CC2)cc1Cl. The molecule has 0 spiro atoms. The van der Waals surface area contributed by atoms with E-state index >= 15 is 0 Å². The molecule has 0 N–H and O–H groups in total. The van der Waals surface area contributed by atoms with Crippen LogP contribution in [0.5, 0.6) is 5.75 Å². The second kappa shape index (κ2) is 7.36. The molecular formula is C21H16ClF2NO3. The molecule has 0 unspecified atom stereocenters. The quantitative estimate of drug-likeness (QED) is 0.478. The molecule has 1 heterocycles. The minimum Gasteiger partial charge on any atom is -0.489 e. The van der Waals surface area contributed by atoms with Crippen molar-refractivity contribution in [1.29, 1.82) is 0 Å². The van der Waals surface area contributed by atoms with Crippen LogP contribution in [0.2, 0.25) is 5.02 Å². The smallest absolute Gasteiger partial charge is 0.161 e. The van der Waals surface area contributed by atoms with Crippen LogP contribution >= 0.6 is 11.6 Å². The van der Waals surface area contributed by atoms with E-state index in [1.165, 1.54) is 31.2 Å². The average Bonchev–Trinajstić information content (AvgIpc) is 3.40. The fourth-order valence-electron chi connectivity index (χ4n) is 3.07. The van der Waals surface area contributed by atoms with Gasteiger partial charge in [0.15, 0.2) is 5.78 Å². The van der Waals surface area contributed by atoms with Gasteiger partial charge in [0.2, 0.25) is 0 Å². The van der Waals surface area contributed by atoms with Crippen LogP contribution < -0.4 is 4.74 Å². The number of Topliss-reactive ketones (excluding diaryl/α,β-unsaturated/α-hetero) is 1. The van der Waals surface area contributed by atoms with E-state index in [-0.39, 0.29) is 34.6 Å². The van der Waals surface area contributed by atoms with Crippen molar-refractivity contribution in [3.05, 3.63) is 69.9 Å². The minimum absolute atomic E-state index is 0.00812. The van der Waals surface area contributed by atoms with Gasteiger partial charge in [-0.05, 0) is 50.1 Å². The number of aromatic nitrogens is 1. The second-order valence-electron chi connectivity index (χ2n) is 6.73. The zero-order valence-electron chi connectivity index (χ0n) is 15.0. The van der Waals surface area contributed by atoms with E-state index < -0.39 is 11.6 Å². The maximum Gasteiger partial charge on any atom is 0.161 e. The van der Waals surface area contributed by atoms with Crippen LogP contribution in [0.4, 0.5) is 8.78 Å². The van der Waals surface area contributed by atoms with Gasteiger partial charge in [-0.1, -0.05) is 22.8 Å². The van der Waals surface area contributed by atoms with E-state index in [0.29, 0.717) is 22.6 Å². The standard InChI is InChI=1S/C21H16ClF2NO3/c1-11(26)14-8-7-13(9-16(14)22)27-10-15-20(25-28-21(15)12-5-6-12)19-17(23)3-2-4-18(19)24/h2-4,7-9,12H,5-6,10H2,1H3. The van der Waals surface area contributed by atoms with Crippen molar-refractivity contribution >= 4 is 17.4 Å². The number of carbonyl (C=O) groups excluding carboxylic acids is 1. The average molecular weight is 404 g/mol. The molecule has 0 aliphatic heterocycles. The third-order valence-electron chi connectivity index (χ3n) is 4.67. The molecule has 4 nitrogen and oxygen atoms in total.